The molecule has 0 radical (unpaired) electrons. The molecule has 1 aromatic rings. The number of carboxylic acids is 1. The molecule has 0 spiro atoms. The molecule has 86 valence electrons. The summed E-state index contributed by atoms with van der Waals surface area (Å²) >= 11 is 6.60. The number of benzene rings is 1. The highest BCUT2D eigenvalue weighted by Gasteiger charge is 2.20. The molecule has 0 fully saturated rings. The molecule has 0 aromatic heterocycles. The fourth-order valence-electron chi connectivity index (χ4n) is 1.39. The van der Waals surface area contributed by atoms with Crippen molar-refractivity contribution in [2.45, 2.75) is 18.2 Å². The summed E-state index contributed by atoms with van der Waals surface area (Å²) in [5.41, 5.74) is 1.33. The van der Waals surface area contributed by atoms with Gasteiger partial charge in [-0.15, -0.1) is 0 Å². The van der Waals surface area contributed by atoms with E-state index in [9.17, 15) is 9.59 Å². The van der Waals surface area contributed by atoms with Gasteiger partial charge in [0.15, 0.2) is 0 Å². The van der Waals surface area contributed by atoms with Gasteiger partial charge in [-0.2, -0.15) is 0 Å². The topological polar surface area (TPSA) is 54.4 Å². The molecule has 0 amide bonds. The van der Waals surface area contributed by atoms with E-state index in [2.05, 4.69) is 31.9 Å². The van der Waals surface area contributed by atoms with Gasteiger partial charge in [-0.05, 0) is 24.1 Å². The maximum atomic E-state index is 11.3. The highest BCUT2D eigenvalue weighted by molar-refractivity contribution is 9.11. The Balaban J connectivity index is 3.22. The summed E-state index contributed by atoms with van der Waals surface area (Å²) < 4.78 is 0.739. The van der Waals surface area contributed by atoms with E-state index in [0.717, 1.165) is 4.47 Å². The molecule has 1 aromatic carbocycles. The second kappa shape index (κ2) is 5.59. The van der Waals surface area contributed by atoms with Crippen LogP contribution in [0.25, 0.3) is 0 Å². The first-order valence-corrected chi connectivity index (χ1v) is 6.28. The fourth-order valence-corrected chi connectivity index (χ4v) is 2.87. The van der Waals surface area contributed by atoms with E-state index in [1.807, 2.05) is 0 Å². The summed E-state index contributed by atoms with van der Waals surface area (Å²) in [7, 11) is 0. The van der Waals surface area contributed by atoms with E-state index in [1.54, 1.807) is 18.2 Å². The summed E-state index contributed by atoms with van der Waals surface area (Å²) in [6, 6.07) is 5.26. The lowest BCUT2D eigenvalue weighted by atomic mass is 10.0. The Morgan fingerprint density at radius 1 is 1.44 bits per heavy atom. The average molecular weight is 350 g/mol. The minimum Gasteiger partial charge on any atom is -0.481 e. The van der Waals surface area contributed by atoms with Crippen molar-refractivity contribution in [3.8, 4) is 0 Å². The van der Waals surface area contributed by atoms with Crippen molar-refractivity contribution in [1.82, 2.24) is 0 Å². The van der Waals surface area contributed by atoms with E-state index in [-0.39, 0.29) is 12.2 Å². The van der Waals surface area contributed by atoms with Crippen LogP contribution in [0.15, 0.2) is 22.7 Å². The van der Waals surface area contributed by atoms with Crippen molar-refractivity contribution in [3.63, 3.8) is 0 Å². The maximum absolute atomic E-state index is 11.3. The van der Waals surface area contributed by atoms with Gasteiger partial charge in [0.05, 0.1) is 11.2 Å². The third kappa shape index (κ3) is 3.15. The van der Waals surface area contributed by atoms with Crippen LogP contribution in [0.5, 0.6) is 0 Å². The van der Waals surface area contributed by atoms with Gasteiger partial charge in [-0.25, -0.2) is 0 Å². The Hall–Kier alpha value is -0.680. The van der Waals surface area contributed by atoms with Gasteiger partial charge in [0.25, 0.3) is 0 Å². The van der Waals surface area contributed by atoms with E-state index in [4.69, 9.17) is 5.11 Å². The number of carboxylic acid groups (broad SMARTS) is 1. The first kappa shape index (κ1) is 13.4. The average Bonchev–Trinajstić information content (AvgIpc) is 2.16. The number of Topliss-reactive ketones (excluding diaryl/α,β-unsaturated/α-hetero) is 1. The number of aliphatic carboxylic acids is 1. The fraction of sp³-hybridized carbons (Fsp3) is 0.273. The number of hydrogen-bond acceptors (Lipinski definition) is 2. The number of hydrogen-bond donors (Lipinski definition) is 1. The van der Waals surface area contributed by atoms with Crippen molar-refractivity contribution < 1.29 is 14.7 Å². The quantitative estimate of drug-likeness (QED) is 0.850. The van der Waals surface area contributed by atoms with Gasteiger partial charge in [-0.3, -0.25) is 9.59 Å². The molecule has 5 heteroatoms. The molecular weight excluding hydrogens is 340 g/mol. The number of rotatable bonds is 4. The summed E-state index contributed by atoms with van der Waals surface area (Å²) in [4.78, 5) is 21.6. The van der Waals surface area contributed by atoms with Crippen LogP contribution in [0.3, 0.4) is 0 Å². The van der Waals surface area contributed by atoms with Gasteiger partial charge >= 0.3 is 5.97 Å². The molecule has 0 heterocycles. The largest absolute Gasteiger partial charge is 0.481 e. The minimum absolute atomic E-state index is 0.0569. The zero-order chi connectivity index (χ0) is 12.3. The van der Waals surface area contributed by atoms with Crippen LogP contribution in [0.1, 0.15) is 22.9 Å². The Kier molecular flexibility index (Phi) is 4.68. The Morgan fingerprint density at radius 3 is 2.56 bits per heavy atom. The van der Waals surface area contributed by atoms with Gasteiger partial charge in [0.1, 0.15) is 5.78 Å². The molecule has 1 rings (SSSR count). The van der Waals surface area contributed by atoms with Gasteiger partial charge < -0.3 is 5.11 Å². The molecule has 3 nitrogen and oxygen atoms in total. The summed E-state index contributed by atoms with van der Waals surface area (Å²) in [5.74, 6) is -0.971. The zero-order valence-corrected chi connectivity index (χ0v) is 11.7. The number of halogens is 2. The third-order valence-corrected chi connectivity index (χ3v) is 3.89. The van der Waals surface area contributed by atoms with Gasteiger partial charge in [0, 0.05) is 4.47 Å². The molecule has 0 saturated carbocycles. The van der Waals surface area contributed by atoms with Crippen LogP contribution < -0.4 is 0 Å². The molecular formula is C11H10Br2O3. The van der Waals surface area contributed by atoms with Crippen molar-refractivity contribution in [3.05, 3.63) is 33.8 Å². The highest BCUT2D eigenvalue weighted by atomic mass is 79.9. The number of ketones is 1. The van der Waals surface area contributed by atoms with Crippen molar-refractivity contribution in [1.29, 1.82) is 0 Å². The zero-order valence-electron chi connectivity index (χ0n) is 8.54. The Morgan fingerprint density at radius 2 is 2.06 bits per heavy atom. The van der Waals surface area contributed by atoms with E-state index < -0.39 is 10.8 Å². The first-order chi connectivity index (χ1) is 7.43. The number of carbonyl (C=O) groups is 2. The summed E-state index contributed by atoms with van der Waals surface area (Å²) in [6.07, 6.45) is -0.0931. The molecule has 0 aliphatic heterocycles. The first-order valence-electron chi connectivity index (χ1n) is 4.57. The molecule has 1 atom stereocenters. The SMILES string of the molecule is CC(=O)C(Br)c1c(Br)cccc1CC(=O)O. The molecule has 0 aliphatic rings. The maximum Gasteiger partial charge on any atom is 0.307 e. The smallest absolute Gasteiger partial charge is 0.307 e. The lowest BCUT2D eigenvalue weighted by Crippen LogP contribution is -2.09. The van der Waals surface area contributed by atoms with Crippen LogP contribution in [0.2, 0.25) is 0 Å². The number of carbonyl (C=O) groups excluding carboxylic acids is 1. The normalized spacial score (nSPS) is 12.2. The Labute approximate surface area is 110 Å². The van der Waals surface area contributed by atoms with Crippen molar-refractivity contribution in [2.24, 2.45) is 0 Å². The van der Waals surface area contributed by atoms with Crippen LogP contribution >= 0.6 is 31.9 Å². The lowest BCUT2D eigenvalue weighted by molar-refractivity contribution is -0.136. The van der Waals surface area contributed by atoms with E-state index >= 15 is 0 Å². The van der Waals surface area contributed by atoms with E-state index in [0.29, 0.717) is 11.1 Å². The predicted molar refractivity (Wildman–Crippen MR) is 67.8 cm³/mol. The van der Waals surface area contributed by atoms with Crippen molar-refractivity contribution in [2.75, 3.05) is 0 Å². The van der Waals surface area contributed by atoms with Crippen LogP contribution in [-0.4, -0.2) is 16.9 Å². The second-order valence-electron chi connectivity index (χ2n) is 3.36. The van der Waals surface area contributed by atoms with Crippen LogP contribution in [-0.2, 0) is 16.0 Å². The molecule has 16 heavy (non-hydrogen) atoms. The third-order valence-electron chi connectivity index (χ3n) is 2.10. The molecule has 0 bridgehead atoms. The lowest BCUT2D eigenvalue weighted by Gasteiger charge is -2.13. The minimum atomic E-state index is -0.914. The molecule has 1 unspecified atom stereocenters. The standard InChI is InChI=1S/C11H10Br2O3/c1-6(14)11(13)10-7(5-9(15)16)3-2-4-8(10)12/h2-4,11H,5H2,1H3,(H,15,16). The summed E-state index contributed by atoms with van der Waals surface area (Å²) in [6.45, 7) is 1.46. The number of alkyl halides is 1. The van der Waals surface area contributed by atoms with Crippen LogP contribution in [0.4, 0.5) is 0 Å². The molecule has 0 aliphatic carbocycles. The van der Waals surface area contributed by atoms with Crippen molar-refractivity contribution >= 4 is 43.6 Å². The van der Waals surface area contributed by atoms with E-state index in [1.165, 1.54) is 6.92 Å². The summed E-state index contributed by atoms with van der Waals surface area (Å²) in [5, 5.41) is 8.79. The Bertz CT molecular complexity index is 429. The monoisotopic (exact) mass is 348 g/mol. The highest BCUT2D eigenvalue weighted by Crippen LogP contribution is 2.33. The van der Waals surface area contributed by atoms with Gasteiger partial charge in [-0.1, -0.05) is 44.0 Å². The van der Waals surface area contributed by atoms with Crippen LogP contribution in [0, 0.1) is 0 Å². The second-order valence-corrected chi connectivity index (χ2v) is 5.13. The van der Waals surface area contributed by atoms with Gasteiger partial charge in [0.2, 0.25) is 0 Å². The molecule has 1 N–H and O–H groups in total. The predicted octanol–water partition coefficient (Wildman–Crippen LogP) is 3.10. The molecule has 0 saturated heterocycles.